The Balaban J connectivity index is 0.00000180. The van der Waals surface area contributed by atoms with Crippen molar-refractivity contribution in [2.24, 2.45) is 11.7 Å². The van der Waals surface area contributed by atoms with E-state index in [9.17, 15) is 4.79 Å². The fourth-order valence-electron chi connectivity index (χ4n) is 3.14. The third kappa shape index (κ3) is 4.62. The second-order valence-corrected chi connectivity index (χ2v) is 5.90. The summed E-state index contributed by atoms with van der Waals surface area (Å²) in [6.07, 6.45) is 7.30. The second-order valence-electron chi connectivity index (χ2n) is 5.90. The minimum atomic E-state index is 0. The minimum absolute atomic E-state index is 0. The summed E-state index contributed by atoms with van der Waals surface area (Å²) in [7, 11) is 0. The van der Waals surface area contributed by atoms with Gasteiger partial charge in [-0.1, -0.05) is 19.3 Å². The van der Waals surface area contributed by atoms with E-state index in [1.54, 1.807) is 0 Å². The van der Waals surface area contributed by atoms with Gasteiger partial charge in [0.2, 0.25) is 5.91 Å². The van der Waals surface area contributed by atoms with Crippen molar-refractivity contribution >= 4 is 18.3 Å². The normalized spacial score (nSPS) is 26.7. The summed E-state index contributed by atoms with van der Waals surface area (Å²) in [6, 6.07) is 0.421. The zero-order chi connectivity index (χ0) is 13.0. The number of likely N-dealkylation sites (tertiary alicyclic amines) is 1. The molecule has 0 aromatic rings. The number of carbonyl (C=O) groups excluding carboxylic acids is 1. The van der Waals surface area contributed by atoms with Crippen molar-refractivity contribution in [2.45, 2.75) is 57.5 Å². The number of hydrogen-bond donors (Lipinski definition) is 2. The lowest BCUT2D eigenvalue weighted by Crippen LogP contribution is -2.48. The number of nitrogens with zero attached hydrogens (tertiary/aromatic N) is 1. The monoisotopic (exact) mass is 289 g/mol. The van der Waals surface area contributed by atoms with Gasteiger partial charge in [-0.25, -0.2) is 0 Å². The standard InChI is InChI=1S/C14H27N3O.ClH/c1-11(17-8-7-12(9-15)10-17)14(18)16-13-5-3-2-4-6-13;/h11-13H,2-10,15H2,1H3,(H,16,18);1H. The van der Waals surface area contributed by atoms with E-state index in [0.717, 1.165) is 38.9 Å². The van der Waals surface area contributed by atoms with Crippen LogP contribution < -0.4 is 11.1 Å². The Morgan fingerprint density at radius 2 is 2.00 bits per heavy atom. The van der Waals surface area contributed by atoms with E-state index in [1.807, 2.05) is 6.92 Å². The third-order valence-corrected chi connectivity index (χ3v) is 4.53. The SMILES string of the molecule is CC(C(=O)NC1CCCCC1)N1CCC(CN)C1.Cl. The average Bonchev–Trinajstić information content (AvgIpc) is 2.87. The van der Waals surface area contributed by atoms with Crippen LogP contribution in [0.1, 0.15) is 45.4 Å². The molecule has 0 aromatic heterocycles. The molecule has 112 valence electrons. The Kier molecular flexibility index (Phi) is 7.11. The summed E-state index contributed by atoms with van der Waals surface area (Å²) in [5.74, 6) is 0.787. The molecule has 1 amide bonds. The second kappa shape index (κ2) is 8.08. The Morgan fingerprint density at radius 1 is 1.32 bits per heavy atom. The molecule has 1 aliphatic heterocycles. The van der Waals surface area contributed by atoms with Crippen LogP contribution in [-0.2, 0) is 4.79 Å². The molecule has 2 rings (SSSR count). The van der Waals surface area contributed by atoms with Gasteiger partial charge in [-0.15, -0.1) is 12.4 Å². The van der Waals surface area contributed by atoms with Crippen molar-refractivity contribution in [2.75, 3.05) is 19.6 Å². The van der Waals surface area contributed by atoms with Crippen LogP contribution in [0.5, 0.6) is 0 Å². The van der Waals surface area contributed by atoms with Crippen LogP contribution in [-0.4, -0.2) is 42.5 Å². The molecule has 2 atom stereocenters. The first-order chi connectivity index (χ1) is 8.70. The van der Waals surface area contributed by atoms with Gasteiger partial charge >= 0.3 is 0 Å². The molecule has 2 unspecified atom stereocenters. The van der Waals surface area contributed by atoms with Crippen LogP contribution in [0.2, 0.25) is 0 Å². The predicted octanol–water partition coefficient (Wildman–Crippen LogP) is 1.53. The molecule has 3 N–H and O–H groups in total. The van der Waals surface area contributed by atoms with Crippen LogP contribution in [0, 0.1) is 5.92 Å². The van der Waals surface area contributed by atoms with Gasteiger partial charge in [-0.3, -0.25) is 9.69 Å². The van der Waals surface area contributed by atoms with Gasteiger partial charge in [0.1, 0.15) is 0 Å². The van der Waals surface area contributed by atoms with E-state index in [2.05, 4.69) is 10.2 Å². The molecule has 0 spiro atoms. The van der Waals surface area contributed by atoms with Gasteiger partial charge in [0.25, 0.3) is 0 Å². The topological polar surface area (TPSA) is 58.4 Å². The molecule has 1 heterocycles. The zero-order valence-corrected chi connectivity index (χ0v) is 12.8. The molecule has 1 aliphatic carbocycles. The van der Waals surface area contributed by atoms with Gasteiger partial charge in [-0.2, -0.15) is 0 Å². The quantitative estimate of drug-likeness (QED) is 0.825. The summed E-state index contributed by atoms with van der Waals surface area (Å²) >= 11 is 0. The van der Waals surface area contributed by atoms with Gasteiger partial charge in [0.15, 0.2) is 0 Å². The van der Waals surface area contributed by atoms with Crippen LogP contribution in [0.15, 0.2) is 0 Å². The molecular formula is C14H28ClN3O. The first-order valence-corrected chi connectivity index (χ1v) is 7.45. The molecule has 4 nitrogen and oxygen atoms in total. The number of nitrogens with two attached hydrogens (primary N) is 1. The van der Waals surface area contributed by atoms with E-state index >= 15 is 0 Å². The summed E-state index contributed by atoms with van der Waals surface area (Å²) in [5, 5.41) is 3.22. The number of amides is 1. The Hall–Kier alpha value is -0.320. The maximum Gasteiger partial charge on any atom is 0.237 e. The highest BCUT2D eigenvalue weighted by molar-refractivity contribution is 5.85. The van der Waals surface area contributed by atoms with Gasteiger partial charge in [-0.05, 0) is 45.2 Å². The maximum atomic E-state index is 12.2. The van der Waals surface area contributed by atoms with E-state index in [4.69, 9.17) is 5.73 Å². The maximum absolute atomic E-state index is 12.2. The van der Waals surface area contributed by atoms with E-state index < -0.39 is 0 Å². The predicted molar refractivity (Wildman–Crippen MR) is 80.5 cm³/mol. The lowest BCUT2D eigenvalue weighted by Gasteiger charge is -2.28. The fraction of sp³-hybridized carbons (Fsp3) is 0.929. The average molecular weight is 290 g/mol. The fourth-order valence-corrected chi connectivity index (χ4v) is 3.14. The number of rotatable bonds is 4. The number of carbonyl (C=O) groups is 1. The highest BCUT2D eigenvalue weighted by Gasteiger charge is 2.29. The van der Waals surface area contributed by atoms with Crippen LogP contribution in [0.25, 0.3) is 0 Å². The largest absolute Gasteiger partial charge is 0.352 e. The van der Waals surface area contributed by atoms with Crippen LogP contribution in [0.4, 0.5) is 0 Å². The van der Waals surface area contributed by atoms with Gasteiger partial charge in [0, 0.05) is 12.6 Å². The van der Waals surface area contributed by atoms with Crippen molar-refractivity contribution < 1.29 is 4.79 Å². The number of nitrogens with one attached hydrogen (secondary N) is 1. The highest BCUT2D eigenvalue weighted by Crippen LogP contribution is 2.20. The summed E-state index contributed by atoms with van der Waals surface area (Å²) in [4.78, 5) is 14.5. The van der Waals surface area contributed by atoms with E-state index in [-0.39, 0.29) is 24.4 Å². The Morgan fingerprint density at radius 3 is 2.58 bits per heavy atom. The Bertz CT molecular complexity index is 282. The molecule has 19 heavy (non-hydrogen) atoms. The lowest BCUT2D eigenvalue weighted by atomic mass is 9.95. The van der Waals surface area contributed by atoms with Crippen molar-refractivity contribution in [1.82, 2.24) is 10.2 Å². The first-order valence-electron chi connectivity index (χ1n) is 7.45. The van der Waals surface area contributed by atoms with Crippen LogP contribution in [0.3, 0.4) is 0 Å². The van der Waals surface area contributed by atoms with Gasteiger partial charge in [0.05, 0.1) is 6.04 Å². The van der Waals surface area contributed by atoms with Crippen LogP contribution >= 0.6 is 12.4 Å². The van der Waals surface area contributed by atoms with Crippen molar-refractivity contribution in [3.8, 4) is 0 Å². The molecule has 2 fully saturated rings. The highest BCUT2D eigenvalue weighted by atomic mass is 35.5. The first kappa shape index (κ1) is 16.7. The Labute approximate surface area is 122 Å². The van der Waals surface area contributed by atoms with E-state index in [0.29, 0.717) is 12.0 Å². The zero-order valence-electron chi connectivity index (χ0n) is 11.9. The van der Waals surface area contributed by atoms with E-state index in [1.165, 1.54) is 19.3 Å². The minimum Gasteiger partial charge on any atom is -0.352 e. The van der Waals surface area contributed by atoms with Crippen molar-refractivity contribution in [3.05, 3.63) is 0 Å². The number of hydrogen-bond acceptors (Lipinski definition) is 3. The lowest BCUT2D eigenvalue weighted by molar-refractivity contribution is -0.126. The smallest absolute Gasteiger partial charge is 0.237 e. The molecule has 0 bridgehead atoms. The molecule has 0 radical (unpaired) electrons. The van der Waals surface area contributed by atoms with Crippen molar-refractivity contribution in [1.29, 1.82) is 0 Å². The summed E-state index contributed by atoms with van der Waals surface area (Å²) in [6.45, 7) is 4.77. The molecule has 5 heteroatoms. The van der Waals surface area contributed by atoms with Crippen molar-refractivity contribution in [3.63, 3.8) is 0 Å². The third-order valence-electron chi connectivity index (χ3n) is 4.53. The van der Waals surface area contributed by atoms with Gasteiger partial charge < -0.3 is 11.1 Å². The molecule has 2 aliphatic rings. The molecule has 1 saturated heterocycles. The summed E-state index contributed by atoms with van der Waals surface area (Å²) < 4.78 is 0. The number of halogens is 1. The molecule has 1 saturated carbocycles. The molecular weight excluding hydrogens is 262 g/mol. The summed E-state index contributed by atoms with van der Waals surface area (Å²) in [5.41, 5.74) is 5.69. The molecule has 0 aromatic carbocycles.